The molecule has 2 N–H and O–H groups in total. The van der Waals surface area contributed by atoms with Gasteiger partial charge < -0.3 is 5.32 Å². The highest BCUT2D eigenvalue weighted by molar-refractivity contribution is 8.00. The molecule has 0 bridgehead atoms. The number of nitrogens with one attached hydrogen (secondary N) is 2. The molecule has 1 aromatic rings. The van der Waals surface area contributed by atoms with E-state index in [1.54, 1.807) is 6.20 Å². The second-order valence-corrected chi connectivity index (χ2v) is 6.03. The van der Waals surface area contributed by atoms with Crippen molar-refractivity contribution in [2.45, 2.75) is 30.4 Å². The highest BCUT2D eigenvalue weighted by Gasteiger charge is 2.32. The molecule has 0 amide bonds. The van der Waals surface area contributed by atoms with Crippen molar-refractivity contribution < 1.29 is 0 Å². The quantitative estimate of drug-likeness (QED) is 0.885. The molecule has 1 aromatic heterocycles. The molecule has 17 heavy (non-hydrogen) atoms. The molecular weight excluding hydrogens is 258 g/mol. The summed E-state index contributed by atoms with van der Waals surface area (Å²) in [7, 11) is 0. The van der Waals surface area contributed by atoms with E-state index in [-0.39, 0.29) is 15.3 Å². The minimum absolute atomic E-state index is 0.189. The third kappa shape index (κ3) is 2.77. The number of thioether (sulfide) groups is 1. The zero-order valence-corrected chi connectivity index (χ0v) is 11.3. The molecule has 1 saturated carbocycles. The minimum Gasteiger partial charge on any atom is -0.381 e. The number of halogens is 1. The third-order valence-electron chi connectivity index (χ3n) is 3.34. The van der Waals surface area contributed by atoms with Gasteiger partial charge in [0.2, 0.25) is 0 Å². The molecule has 6 heteroatoms. The lowest BCUT2D eigenvalue weighted by atomic mass is 10.1. The fourth-order valence-corrected chi connectivity index (χ4v) is 3.31. The summed E-state index contributed by atoms with van der Waals surface area (Å²) in [4.78, 5) is 11.3. The van der Waals surface area contributed by atoms with Crippen molar-refractivity contribution in [3.63, 3.8) is 0 Å². The van der Waals surface area contributed by atoms with Gasteiger partial charge in [0.15, 0.2) is 0 Å². The van der Waals surface area contributed by atoms with Crippen LogP contribution >= 0.6 is 23.4 Å². The average Bonchev–Trinajstić information content (AvgIpc) is 2.81. The summed E-state index contributed by atoms with van der Waals surface area (Å²) in [6.07, 6.45) is 8.70. The van der Waals surface area contributed by atoms with Gasteiger partial charge in [-0.05, 0) is 19.1 Å². The van der Waals surface area contributed by atoms with Crippen LogP contribution in [-0.4, -0.2) is 27.7 Å². The lowest BCUT2D eigenvalue weighted by Gasteiger charge is -2.27. The van der Waals surface area contributed by atoms with Gasteiger partial charge in [-0.25, -0.2) is 5.10 Å². The summed E-state index contributed by atoms with van der Waals surface area (Å²) in [5.41, 5.74) is 0.275. The molecule has 94 valence electrons. The van der Waals surface area contributed by atoms with Crippen molar-refractivity contribution >= 4 is 29.1 Å². The van der Waals surface area contributed by atoms with E-state index in [9.17, 15) is 4.79 Å². The number of hydrogen-bond acceptors (Lipinski definition) is 4. The second-order valence-electron chi connectivity index (χ2n) is 4.37. The molecule has 1 heterocycles. The van der Waals surface area contributed by atoms with Gasteiger partial charge in [0.05, 0.1) is 11.9 Å². The van der Waals surface area contributed by atoms with E-state index in [1.165, 1.54) is 25.7 Å². The zero-order valence-electron chi connectivity index (χ0n) is 9.75. The Bertz CT molecular complexity index is 443. The van der Waals surface area contributed by atoms with E-state index in [0.29, 0.717) is 5.69 Å². The number of H-pyrrole nitrogens is 1. The van der Waals surface area contributed by atoms with E-state index >= 15 is 0 Å². The molecule has 0 aliphatic heterocycles. The van der Waals surface area contributed by atoms with E-state index in [4.69, 9.17) is 11.6 Å². The summed E-state index contributed by atoms with van der Waals surface area (Å²) >= 11 is 7.81. The first kappa shape index (κ1) is 12.8. The molecule has 0 atom stereocenters. The first-order chi connectivity index (χ1) is 8.17. The molecule has 4 nitrogen and oxygen atoms in total. The fraction of sp³-hybridized carbons (Fsp3) is 0.636. The predicted octanol–water partition coefficient (Wildman–Crippen LogP) is 2.51. The Hall–Kier alpha value is -0.680. The molecule has 0 radical (unpaired) electrons. The Morgan fingerprint density at radius 3 is 2.94 bits per heavy atom. The Morgan fingerprint density at radius 1 is 1.59 bits per heavy atom. The predicted molar refractivity (Wildman–Crippen MR) is 73.1 cm³/mol. The maximum Gasteiger partial charge on any atom is 0.285 e. The van der Waals surface area contributed by atoms with Gasteiger partial charge in [0.25, 0.3) is 5.56 Å². The monoisotopic (exact) mass is 273 g/mol. The number of nitrogens with zero attached hydrogens (tertiary/aromatic N) is 1. The van der Waals surface area contributed by atoms with Crippen molar-refractivity contribution in [3.8, 4) is 0 Å². The van der Waals surface area contributed by atoms with Crippen molar-refractivity contribution in [2.24, 2.45) is 0 Å². The van der Waals surface area contributed by atoms with E-state index in [1.807, 2.05) is 11.8 Å². The molecule has 0 saturated heterocycles. The molecule has 0 spiro atoms. The largest absolute Gasteiger partial charge is 0.381 e. The van der Waals surface area contributed by atoms with Crippen molar-refractivity contribution in [1.29, 1.82) is 0 Å². The Balaban J connectivity index is 2.06. The topological polar surface area (TPSA) is 57.8 Å². The van der Waals surface area contributed by atoms with Crippen LogP contribution in [0.5, 0.6) is 0 Å². The van der Waals surface area contributed by atoms with Gasteiger partial charge >= 0.3 is 0 Å². The summed E-state index contributed by atoms with van der Waals surface area (Å²) < 4.78 is 0.284. The molecule has 0 aromatic carbocycles. The first-order valence-corrected chi connectivity index (χ1v) is 7.29. The van der Waals surface area contributed by atoms with Gasteiger partial charge in [0.1, 0.15) is 5.02 Å². The molecule has 1 fully saturated rings. The lowest BCUT2D eigenvalue weighted by Crippen LogP contribution is -2.30. The van der Waals surface area contributed by atoms with Crippen LogP contribution in [0.2, 0.25) is 5.02 Å². The van der Waals surface area contributed by atoms with Crippen LogP contribution in [-0.2, 0) is 0 Å². The highest BCUT2D eigenvalue weighted by atomic mass is 35.5. The number of aromatic nitrogens is 2. The molecular formula is C11H16ClN3OS. The second kappa shape index (κ2) is 5.31. The summed E-state index contributed by atoms with van der Waals surface area (Å²) in [5, 5.41) is 9.50. The van der Waals surface area contributed by atoms with Crippen LogP contribution < -0.4 is 10.9 Å². The summed E-state index contributed by atoms with van der Waals surface area (Å²) in [5.74, 6) is 0. The van der Waals surface area contributed by atoms with Crippen LogP contribution in [0.15, 0.2) is 11.0 Å². The van der Waals surface area contributed by atoms with Gasteiger partial charge in [-0.3, -0.25) is 4.79 Å². The first-order valence-electron chi connectivity index (χ1n) is 5.69. The van der Waals surface area contributed by atoms with Gasteiger partial charge in [0, 0.05) is 11.3 Å². The van der Waals surface area contributed by atoms with Crippen LogP contribution in [0.25, 0.3) is 0 Å². The summed E-state index contributed by atoms with van der Waals surface area (Å²) in [6, 6.07) is 0. The SMILES string of the molecule is CSC1(CNc2cn[nH]c(=O)c2Cl)CCCC1. The van der Waals surface area contributed by atoms with E-state index in [2.05, 4.69) is 21.8 Å². The average molecular weight is 274 g/mol. The van der Waals surface area contributed by atoms with Crippen LogP contribution in [0, 0.1) is 0 Å². The highest BCUT2D eigenvalue weighted by Crippen LogP contribution is 2.40. The van der Waals surface area contributed by atoms with E-state index in [0.717, 1.165) is 6.54 Å². The van der Waals surface area contributed by atoms with Gasteiger partial charge in [-0.1, -0.05) is 24.4 Å². The number of rotatable bonds is 4. The van der Waals surface area contributed by atoms with E-state index < -0.39 is 0 Å². The third-order valence-corrected chi connectivity index (χ3v) is 5.14. The van der Waals surface area contributed by atoms with Gasteiger partial charge in [-0.15, -0.1) is 0 Å². The molecule has 1 aliphatic rings. The van der Waals surface area contributed by atoms with Crippen molar-refractivity contribution in [3.05, 3.63) is 21.6 Å². The Kier molecular flexibility index (Phi) is 3.99. The lowest BCUT2D eigenvalue weighted by molar-refractivity contribution is 0.639. The van der Waals surface area contributed by atoms with Crippen LogP contribution in [0.4, 0.5) is 5.69 Å². The molecule has 0 unspecified atom stereocenters. The number of aromatic amines is 1. The molecule has 2 rings (SSSR count). The van der Waals surface area contributed by atoms with Gasteiger partial charge in [-0.2, -0.15) is 16.9 Å². The number of anilines is 1. The van der Waals surface area contributed by atoms with Crippen LogP contribution in [0.1, 0.15) is 25.7 Å². The smallest absolute Gasteiger partial charge is 0.285 e. The minimum atomic E-state index is -0.346. The van der Waals surface area contributed by atoms with Crippen molar-refractivity contribution in [2.75, 3.05) is 18.1 Å². The maximum atomic E-state index is 11.3. The normalized spacial score (nSPS) is 18.2. The van der Waals surface area contributed by atoms with Crippen LogP contribution in [0.3, 0.4) is 0 Å². The zero-order chi connectivity index (χ0) is 12.3. The maximum absolute atomic E-state index is 11.3. The van der Waals surface area contributed by atoms with Crippen molar-refractivity contribution in [1.82, 2.24) is 10.2 Å². The fourth-order valence-electron chi connectivity index (χ4n) is 2.24. The standard InChI is InChI=1S/C11H16ClN3OS/c1-17-11(4-2-3-5-11)7-13-8-6-14-15-10(16)9(8)12/h6H,2-5,7H2,1H3,(H2,13,15,16). The number of hydrogen-bond donors (Lipinski definition) is 2. The summed E-state index contributed by atoms with van der Waals surface area (Å²) in [6.45, 7) is 0.832. The molecule has 1 aliphatic carbocycles. The Labute approximate surface area is 110 Å². The Morgan fingerprint density at radius 2 is 2.29 bits per heavy atom.